The van der Waals surface area contributed by atoms with Gasteiger partial charge in [0.1, 0.15) is 11.9 Å². The predicted octanol–water partition coefficient (Wildman–Crippen LogP) is 1.74. The number of ether oxygens (including phenoxy) is 1. The van der Waals surface area contributed by atoms with Gasteiger partial charge in [0, 0.05) is 38.1 Å². The molecule has 0 radical (unpaired) electrons. The zero-order valence-electron chi connectivity index (χ0n) is 14.2. The second-order valence-electron chi connectivity index (χ2n) is 7.27. The molecule has 128 valence electrons. The van der Waals surface area contributed by atoms with Gasteiger partial charge in [0.25, 0.3) is 0 Å². The highest BCUT2D eigenvalue weighted by Gasteiger charge is 2.44. The summed E-state index contributed by atoms with van der Waals surface area (Å²) in [7, 11) is 0. The van der Waals surface area contributed by atoms with Gasteiger partial charge in [0.05, 0.1) is 11.5 Å². The maximum atomic E-state index is 13.1. The summed E-state index contributed by atoms with van der Waals surface area (Å²) in [5.74, 6) is 0.732. The topological polar surface area (TPSA) is 67.6 Å². The molecule has 6 heteroatoms. The van der Waals surface area contributed by atoms with Gasteiger partial charge in [-0.15, -0.1) is 0 Å². The van der Waals surface area contributed by atoms with E-state index in [0.717, 1.165) is 31.6 Å². The van der Waals surface area contributed by atoms with Crippen molar-refractivity contribution in [2.24, 2.45) is 5.92 Å². The number of aromatic nitrogens is 2. The van der Waals surface area contributed by atoms with Gasteiger partial charge in [0.15, 0.2) is 0 Å². The number of carbonyl (C=O) groups excluding carboxylic acids is 1. The van der Waals surface area contributed by atoms with Crippen LogP contribution in [0.25, 0.3) is 0 Å². The van der Waals surface area contributed by atoms with Gasteiger partial charge in [-0.25, -0.2) is 4.98 Å². The number of aliphatic hydroxyl groups is 1. The van der Waals surface area contributed by atoms with E-state index in [2.05, 4.69) is 11.9 Å². The molecule has 2 aliphatic rings. The summed E-state index contributed by atoms with van der Waals surface area (Å²) < 4.78 is 7.90. The van der Waals surface area contributed by atoms with Gasteiger partial charge in [-0.1, -0.05) is 0 Å². The van der Waals surface area contributed by atoms with Crippen molar-refractivity contribution in [2.75, 3.05) is 13.2 Å². The molecule has 2 atom stereocenters. The SMILES string of the molecule is CCn1ccnc1[C@@H]1OCC[C@H]1C(=O)N(CC(C)(C)O)C1CC1. The third kappa shape index (κ3) is 3.58. The van der Waals surface area contributed by atoms with Crippen LogP contribution in [0.3, 0.4) is 0 Å². The fourth-order valence-corrected chi connectivity index (χ4v) is 3.34. The standard InChI is InChI=1S/C17H27N3O3/c1-4-19-9-8-18-15(19)14-13(7-10-23-14)16(21)20(12-5-6-12)11-17(2,3)22/h8-9,12-14,22H,4-7,10-11H2,1-3H3/t13-,14-/m1/s1. The Balaban J connectivity index is 1.79. The molecule has 0 bridgehead atoms. The first-order valence-electron chi connectivity index (χ1n) is 8.56. The summed E-state index contributed by atoms with van der Waals surface area (Å²) in [6, 6.07) is 0.279. The zero-order valence-corrected chi connectivity index (χ0v) is 14.2. The van der Waals surface area contributed by atoms with Crippen LogP contribution in [0.4, 0.5) is 0 Å². The maximum Gasteiger partial charge on any atom is 0.229 e. The van der Waals surface area contributed by atoms with Crippen molar-refractivity contribution >= 4 is 5.91 Å². The molecule has 1 saturated heterocycles. The molecule has 6 nitrogen and oxygen atoms in total. The van der Waals surface area contributed by atoms with E-state index in [-0.39, 0.29) is 24.0 Å². The Labute approximate surface area is 137 Å². The molecule has 1 amide bonds. The molecule has 2 heterocycles. The fourth-order valence-electron chi connectivity index (χ4n) is 3.34. The summed E-state index contributed by atoms with van der Waals surface area (Å²) in [5.41, 5.74) is -0.880. The first-order chi connectivity index (χ1) is 10.9. The van der Waals surface area contributed by atoms with Crippen LogP contribution < -0.4 is 0 Å². The number of amides is 1. The molecule has 1 N–H and O–H groups in total. The second-order valence-corrected chi connectivity index (χ2v) is 7.27. The van der Waals surface area contributed by atoms with Crippen LogP contribution in [-0.4, -0.2) is 50.3 Å². The van der Waals surface area contributed by atoms with Gasteiger partial charge in [-0.05, 0) is 40.0 Å². The lowest BCUT2D eigenvalue weighted by atomic mass is 9.97. The van der Waals surface area contributed by atoms with Crippen LogP contribution in [0.2, 0.25) is 0 Å². The fraction of sp³-hybridized carbons (Fsp3) is 0.765. The third-order valence-electron chi connectivity index (χ3n) is 4.58. The molecule has 3 rings (SSSR count). The molecule has 0 spiro atoms. The molecule has 1 aliphatic heterocycles. The Bertz CT molecular complexity index is 560. The smallest absolute Gasteiger partial charge is 0.229 e. The van der Waals surface area contributed by atoms with E-state index >= 15 is 0 Å². The number of nitrogens with zero attached hydrogens (tertiary/aromatic N) is 3. The number of hydrogen-bond acceptors (Lipinski definition) is 4. The average Bonchev–Trinajstić information content (AvgIpc) is 3.02. The number of aryl methyl sites for hydroxylation is 1. The largest absolute Gasteiger partial charge is 0.389 e. The molecule has 1 aliphatic carbocycles. The minimum absolute atomic E-state index is 0.0998. The molecule has 0 aromatic carbocycles. The maximum absolute atomic E-state index is 13.1. The van der Waals surface area contributed by atoms with E-state index in [4.69, 9.17) is 4.74 Å². The lowest BCUT2D eigenvalue weighted by Crippen LogP contribution is -2.46. The van der Waals surface area contributed by atoms with E-state index in [0.29, 0.717) is 13.2 Å². The van der Waals surface area contributed by atoms with Gasteiger partial charge in [-0.2, -0.15) is 0 Å². The molecule has 1 saturated carbocycles. The summed E-state index contributed by atoms with van der Waals surface area (Å²) in [5, 5.41) is 10.1. The van der Waals surface area contributed by atoms with E-state index in [1.165, 1.54) is 0 Å². The molecular weight excluding hydrogens is 294 g/mol. The van der Waals surface area contributed by atoms with Gasteiger partial charge in [-0.3, -0.25) is 4.79 Å². The third-order valence-corrected chi connectivity index (χ3v) is 4.58. The number of hydrogen-bond donors (Lipinski definition) is 1. The van der Waals surface area contributed by atoms with Crippen LogP contribution >= 0.6 is 0 Å². The van der Waals surface area contributed by atoms with Crippen molar-refractivity contribution in [1.29, 1.82) is 0 Å². The number of imidazole rings is 1. The van der Waals surface area contributed by atoms with Crippen molar-refractivity contribution in [2.45, 2.75) is 64.3 Å². The Morgan fingerprint density at radius 2 is 2.22 bits per heavy atom. The average molecular weight is 321 g/mol. The predicted molar refractivity (Wildman–Crippen MR) is 85.7 cm³/mol. The Hall–Kier alpha value is -1.40. The monoisotopic (exact) mass is 321 g/mol. The van der Waals surface area contributed by atoms with E-state index in [1.807, 2.05) is 15.7 Å². The van der Waals surface area contributed by atoms with Gasteiger partial charge in [0.2, 0.25) is 5.91 Å². The normalized spacial score (nSPS) is 24.9. The highest BCUT2D eigenvalue weighted by molar-refractivity contribution is 5.80. The Morgan fingerprint density at radius 1 is 1.48 bits per heavy atom. The Kier molecular flexibility index (Phi) is 4.47. The molecular formula is C17H27N3O3. The lowest BCUT2D eigenvalue weighted by molar-refractivity contribution is -0.141. The van der Waals surface area contributed by atoms with Crippen LogP contribution in [0, 0.1) is 5.92 Å². The summed E-state index contributed by atoms with van der Waals surface area (Å²) in [4.78, 5) is 19.4. The highest BCUT2D eigenvalue weighted by Crippen LogP contribution is 2.38. The van der Waals surface area contributed by atoms with Gasteiger partial charge < -0.3 is 19.3 Å². The lowest BCUT2D eigenvalue weighted by Gasteiger charge is -2.32. The molecule has 2 fully saturated rings. The summed E-state index contributed by atoms with van der Waals surface area (Å²) in [6.45, 7) is 7.33. The Morgan fingerprint density at radius 3 is 2.83 bits per heavy atom. The van der Waals surface area contributed by atoms with Crippen molar-refractivity contribution in [3.05, 3.63) is 18.2 Å². The first kappa shape index (κ1) is 16.5. The van der Waals surface area contributed by atoms with Gasteiger partial charge >= 0.3 is 0 Å². The van der Waals surface area contributed by atoms with Crippen LogP contribution in [0.1, 0.15) is 52.0 Å². The first-order valence-corrected chi connectivity index (χ1v) is 8.56. The van der Waals surface area contributed by atoms with Crippen LogP contribution in [0.5, 0.6) is 0 Å². The molecule has 1 aromatic heterocycles. The molecule has 0 unspecified atom stereocenters. The molecule has 23 heavy (non-hydrogen) atoms. The van der Waals surface area contributed by atoms with Crippen molar-refractivity contribution in [3.8, 4) is 0 Å². The number of carbonyl (C=O) groups is 1. The van der Waals surface area contributed by atoms with Crippen molar-refractivity contribution in [1.82, 2.24) is 14.5 Å². The molecule has 1 aromatic rings. The minimum Gasteiger partial charge on any atom is -0.389 e. The number of rotatable bonds is 6. The van der Waals surface area contributed by atoms with Crippen LogP contribution in [0.15, 0.2) is 12.4 Å². The van der Waals surface area contributed by atoms with Crippen LogP contribution in [-0.2, 0) is 16.1 Å². The van der Waals surface area contributed by atoms with E-state index < -0.39 is 5.60 Å². The summed E-state index contributed by atoms with van der Waals surface area (Å²) in [6.07, 6.45) is 6.19. The quantitative estimate of drug-likeness (QED) is 0.867. The van der Waals surface area contributed by atoms with Crippen molar-refractivity contribution in [3.63, 3.8) is 0 Å². The van der Waals surface area contributed by atoms with E-state index in [1.54, 1.807) is 20.0 Å². The summed E-state index contributed by atoms with van der Waals surface area (Å²) >= 11 is 0. The zero-order chi connectivity index (χ0) is 16.6. The highest BCUT2D eigenvalue weighted by atomic mass is 16.5. The van der Waals surface area contributed by atoms with E-state index in [9.17, 15) is 9.90 Å². The van der Waals surface area contributed by atoms with Crippen molar-refractivity contribution < 1.29 is 14.6 Å². The minimum atomic E-state index is -0.880. The second kappa shape index (κ2) is 6.24.